The molecule has 0 bridgehead atoms. The second kappa shape index (κ2) is 3.41. The van der Waals surface area contributed by atoms with Crippen LogP contribution in [0.4, 0.5) is 4.53 Å². The number of rotatable bonds is 2. The van der Waals surface area contributed by atoms with E-state index < -0.39 is 5.97 Å². The number of halogens is 1. The summed E-state index contributed by atoms with van der Waals surface area (Å²) in [4.78, 5) is 12.9. The molecule has 0 saturated carbocycles. The Kier molecular flexibility index (Phi) is 3.15. The Balaban J connectivity index is 3.25. The lowest BCUT2D eigenvalue weighted by molar-refractivity contribution is -0.184. The molecule has 0 aromatic carbocycles. The molecule has 0 fully saturated rings. The summed E-state index contributed by atoms with van der Waals surface area (Å²) in [5.74, 6) is -0.627. The van der Waals surface area contributed by atoms with E-state index in [4.69, 9.17) is 0 Å². The van der Waals surface area contributed by atoms with Crippen molar-refractivity contribution in [3.05, 3.63) is 0 Å². The zero-order valence-electron chi connectivity index (χ0n) is 4.98. The van der Waals surface area contributed by atoms with Gasteiger partial charge in [-0.3, -0.25) is 4.94 Å². The second-order valence-electron chi connectivity index (χ2n) is 2.05. The average molecular weight is 120 g/mol. The van der Waals surface area contributed by atoms with Crippen LogP contribution >= 0.6 is 0 Å². The molecule has 0 aliphatic heterocycles. The lowest BCUT2D eigenvalue weighted by Gasteiger charge is -1.96. The zero-order valence-corrected chi connectivity index (χ0v) is 4.98. The molecule has 2 nitrogen and oxygen atoms in total. The summed E-state index contributed by atoms with van der Waals surface area (Å²) >= 11 is 0. The van der Waals surface area contributed by atoms with Gasteiger partial charge in [0, 0.05) is 4.53 Å². The van der Waals surface area contributed by atoms with Crippen molar-refractivity contribution in [1.82, 2.24) is 0 Å². The van der Waals surface area contributed by atoms with Crippen LogP contribution in [-0.4, -0.2) is 5.97 Å². The van der Waals surface area contributed by atoms with Crippen LogP contribution in [-0.2, 0) is 9.74 Å². The Morgan fingerprint density at radius 2 is 2.25 bits per heavy atom. The molecule has 0 spiro atoms. The zero-order chi connectivity index (χ0) is 6.57. The maximum absolute atomic E-state index is 10.9. The maximum atomic E-state index is 10.9. The predicted octanol–water partition coefficient (Wildman–Crippen LogP) is 1.46. The van der Waals surface area contributed by atoms with Crippen molar-refractivity contribution in [2.24, 2.45) is 5.92 Å². The van der Waals surface area contributed by atoms with Crippen molar-refractivity contribution in [1.29, 1.82) is 0 Å². The highest BCUT2D eigenvalue weighted by Crippen LogP contribution is 2.00. The molecule has 0 radical (unpaired) electrons. The molecule has 0 saturated heterocycles. The fourth-order valence-electron chi connectivity index (χ4n) is 0.365. The van der Waals surface area contributed by atoms with E-state index in [9.17, 15) is 9.32 Å². The first-order valence-electron chi connectivity index (χ1n) is 2.48. The van der Waals surface area contributed by atoms with E-state index in [2.05, 4.69) is 4.94 Å². The molecule has 0 unspecified atom stereocenters. The third kappa shape index (κ3) is 3.59. The molecule has 0 N–H and O–H groups in total. The largest absolute Gasteiger partial charge is 0.349 e. The van der Waals surface area contributed by atoms with Gasteiger partial charge in [-0.25, -0.2) is 4.79 Å². The quantitative estimate of drug-likeness (QED) is 0.551. The van der Waals surface area contributed by atoms with Crippen LogP contribution in [0.3, 0.4) is 0 Å². The number of carbonyl (C=O) groups is 1. The van der Waals surface area contributed by atoms with Gasteiger partial charge < -0.3 is 0 Å². The van der Waals surface area contributed by atoms with Crippen molar-refractivity contribution < 1.29 is 14.3 Å². The molecule has 0 aliphatic carbocycles. The molecule has 0 heterocycles. The van der Waals surface area contributed by atoms with Gasteiger partial charge in [-0.1, -0.05) is 13.8 Å². The van der Waals surface area contributed by atoms with Crippen LogP contribution in [0.15, 0.2) is 0 Å². The highest BCUT2D eigenvalue weighted by atomic mass is 19.3. The molecule has 3 heteroatoms. The Morgan fingerprint density at radius 1 is 1.75 bits per heavy atom. The molecular formula is C5H9FO2. The van der Waals surface area contributed by atoms with Crippen molar-refractivity contribution in [2.45, 2.75) is 20.3 Å². The first-order chi connectivity index (χ1) is 3.66. The van der Waals surface area contributed by atoms with Crippen molar-refractivity contribution >= 4 is 5.97 Å². The standard InChI is InChI=1S/C5H9FO2/c1-4(2)3-5(7)8-6/h4H,3H2,1-2H3. The van der Waals surface area contributed by atoms with E-state index in [1.54, 1.807) is 0 Å². The monoisotopic (exact) mass is 120 g/mol. The van der Waals surface area contributed by atoms with E-state index >= 15 is 0 Å². The van der Waals surface area contributed by atoms with Gasteiger partial charge >= 0.3 is 5.97 Å². The molecule has 48 valence electrons. The Hall–Kier alpha value is -0.600. The Morgan fingerprint density at radius 3 is 2.38 bits per heavy atom. The van der Waals surface area contributed by atoms with E-state index in [-0.39, 0.29) is 12.3 Å². The van der Waals surface area contributed by atoms with Gasteiger partial charge in [-0.2, -0.15) is 0 Å². The number of hydrogen-bond acceptors (Lipinski definition) is 2. The Bertz CT molecular complexity index is 80.5. The summed E-state index contributed by atoms with van der Waals surface area (Å²) in [6.45, 7) is 3.63. The summed E-state index contributed by atoms with van der Waals surface area (Å²) in [5, 5.41) is 0. The minimum atomic E-state index is -0.792. The predicted molar refractivity (Wildman–Crippen MR) is 26.7 cm³/mol. The lowest BCUT2D eigenvalue weighted by Crippen LogP contribution is -2.01. The summed E-state index contributed by atoms with van der Waals surface area (Å²) < 4.78 is 10.9. The molecule has 0 aliphatic rings. The summed E-state index contributed by atoms with van der Waals surface area (Å²) in [7, 11) is 0. The summed E-state index contributed by atoms with van der Waals surface area (Å²) in [5.41, 5.74) is 0. The smallest absolute Gasteiger partial charge is 0.255 e. The van der Waals surface area contributed by atoms with Crippen molar-refractivity contribution in [3.8, 4) is 0 Å². The fraction of sp³-hybridized carbons (Fsp3) is 0.800. The lowest BCUT2D eigenvalue weighted by atomic mass is 10.1. The molecule has 8 heavy (non-hydrogen) atoms. The second-order valence-corrected chi connectivity index (χ2v) is 2.05. The van der Waals surface area contributed by atoms with E-state index in [1.165, 1.54) is 0 Å². The third-order valence-electron chi connectivity index (χ3n) is 0.661. The normalized spacial score (nSPS) is 9.50. The number of carbonyl (C=O) groups excluding carboxylic acids is 1. The van der Waals surface area contributed by atoms with Crippen molar-refractivity contribution in [3.63, 3.8) is 0 Å². The van der Waals surface area contributed by atoms with Crippen LogP contribution in [0.5, 0.6) is 0 Å². The van der Waals surface area contributed by atoms with E-state index in [0.29, 0.717) is 0 Å². The molecule has 0 rings (SSSR count). The van der Waals surface area contributed by atoms with Gasteiger partial charge in [-0.05, 0) is 5.92 Å². The van der Waals surface area contributed by atoms with Gasteiger partial charge in [-0.15, -0.1) is 0 Å². The SMILES string of the molecule is CC(C)CC(=O)OF. The van der Waals surface area contributed by atoms with Crippen LogP contribution in [0.2, 0.25) is 0 Å². The highest BCUT2D eigenvalue weighted by Gasteiger charge is 2.04. The van der Waals surface area contributed by atoms with Crippen LogP contribution in [0.1, 0.15) is 20.3 Å². The summed E-state index contributed by atoms with van der Waals surface area (Å²) in [6.07, 6.45) is 0.149. The van der Waals surface area contributed by atoms with Gasteiger partial charge in [0.05, 0.1) is 6.42 Å². The van der Waals surface area contributed by atoms with Gasteiger partial charge in [0.1, 0.15) is 0 Å². The highest BCUT2D eigenvalue weighted by molar-refractivity contribution is 5.68. The van der Waals surface area contributed by atoms with Crippen LogP contribution in [0, 0.1) is 5.92 Å². The van der Waals surface area contributed by atoms with E-state index in [0.717, 1.165) is 0 Å². The minimum absolute atomic E-state index is 0.149. The third-order valence-corrected chi connectivity index (χ3v) is 0.661. The summed E-state index contributed by atoms with van der Waals surface area (Å²) in [6, 6.07) is 0. The Labute approximate surface area is 47.5 Å². The fourth-order valence-corrected chi connectivity index (χ4v) is 0.365. The van der Waals surface area contributed by atoms with Crippen molar-refractivity contribution in [2.75, 3.05) is 0 Å². The molecule has 0 aromatic heterocycles. The molecule has 0 atom stereocenters. The van der Waals surface area contributed by atoms with Gasteiger partial charge in [0.2, 0.25) is 0 Å². The first-order valence-corrected chi connectivity index (χ1v) is 2.48. The van der Waals surface area contributed by atoms with Gasteiger partial charge in [0.25, 0.3) is 0 Å². The average Bonchev–Trinajstić information content (AvgIpc) is 1.65. The van der Waals surface area contributed by atoms with E-state index in [1.807, 2.05) is 13.8 Å². The number of hydrogen-bond donors (Lipinski definition) is 0. The molecule has 0 amide bonds. The maximum Gasteiger partial charge on any atom is 0.349 e. The topological polar surface area (TPSA) is 26.3 Å². The molecule has 0 aromatic rings. The molecular weight excluding hydrogens is 111 g/mol. The van der Waals surface area contributed by atoms with Crippen LogP contribution < -0.4 is 0 Å². The van der Waals surface area contributed by atoms with Gasteiger partial charge in [0.15, 0.2) is 0 Å². The first kappa shape index (κ1) is 7.40. The minimum Gasteiger partial charge on any atom is -0.255 e. The van der Waals surface area contributed by atoms with Crippen LogP contribution in [0.25, 0.3) is 0 Å².